The first-order valence-electron chi connectivity index (χ1n) is 8.15. The number of thiazole rings is 1. The molecule has 0 aliphatic carbocycles. The molecule has 0 amide bonds. The first kappa shape index (κ1) is 17.5. The first-order valence-corrected chi connectivity index (χ1v) is 9.03. The molecule has 6 heteroatoms. The summed E-state index contributed by atoms with van der Waals surface area (Å²) in [5, 5.41) is 6.28. The fraction of sp³-hybridized carbons (Fsp3) is 0.316. The molecule has 1 N–H and O–H groups in total. The quantitative estimate of drug-likeness (QED) is 0.670. The van der Waals surface area contributed by atoms with E-state index in [0.29, 0.717) is 6.61 Å². The number of aryl methyl sites for hydroxylation is 1. The van der Waals surface area contributed by atoms with Gasteiger partial charge in [-0.15, -0.1) is 11.3 Å². The first-order chi connectivity index (χ1) is 12.1. The Balaban J connectivity index is 1.84. The second kappa shape index (κ2) is 7.72. The molecular weight excluding hydrogens is 334 g/mol. The van der Waals surface area contributed by atoms with Gasteiger partial charge in [-0.05, 0) is 32.0 Å². The SMILES string of the molecule is COCCn1c(C)cc(-c2csc(Nc3ccccc3OC)n2)c1C. The smallest absolute Gasteiger partial charge is 0.187 e. The van der Waals surface area contributed by atoms with Gasteiger partial charge in [-0.25, -0.2) is 4.98 Å². The molecule has 1 aromatic carbocycles. The van der Waals surface area contributed by atoms with Crippen molar-refractivity contribution in [3.63, 3.8) is 0 Å². The van der Waals surface area contributed by atoms with E-state index in [1.54, 1.807) is 25.6 Å². The van der Waals surface area contributed by atoms with Gasteiger partial charge in [0.05, 0.1) is 25.1 Å². The van der Waals surface area contributed by atoms with Crippen LogP contribution >= 0.6 is 11.3 Å². The maximum absolute atomic E-state index is 5.38. The van der Waals surface area contributed by atoms with E-state index < -0.39 is 0 Å². The molecule has 0 saturated carbocycles. The Morgan fingerprint density at radius 2 is 2.00 bits per heavy atom. The van der Waals surface area contributed by atoms with E-state index in [1.165, 1.54) is 11.4 Å². The Morgan fingerprint density at radius 3 is 2.76 bits per heavy atom. The summed E-state index contributed by atoms with van der Waals surface area (Å²) in [6.45, 7) is 5.80. The predicted octanol–water partition coefficient (Wildman–Crippen LogP) is 4.63. The summed E-state index contributed by atoms with van der Waals surface area (Å²) in [7, 11) is 3.40. The van der Waals surface area contributed by atoms with Gasteiger partial charge in [-0.2, -0.15) is 0 Å². The number of hydrogen-bond acceptors (Lipinski definition) is 5. The molecule has 0 saturated heterocycles. The molecule has 25 heavy (non-hydrogen) atoms. The lowest BCUT2D eigenvalue weighted by atomic mass is 10.2. The lowest BCUT2D eigenvalue weighted by Crippen LogP contribution is -2.07. The molecule has 132 valence electrons. The van der Waals surface area contributed by atoms with Crippen molar-refractivity contribution in [2.24, 2.45) is 0 Å². The average molecular weight is 357 g/mol. The molecule has 3 aromatic rings. The molecule has 0 fully saturated rings. The molecule has 2 aromatic heterocycles. The Kier molecular flexibility index (Phi) is 5.40. The monoisotopic (exact) mass is 357 g/mol. The van der Waals surface area contributed by atoms with E-state index in [2.05, 4.69) is 35.2 Å². The standard InChI is InChI=1S/C19H23N3O2S/c1-13-11-15(14(2)22(13)9-10-23-3)17-12-25-19(21-17)20-16-7-5-6-8-18(16)24-4/h5-8,11-12H,9-10H2,1-4H3,(H,20,21). The normalized spacial score (nSPS) is 10.9. The summed E-state index contributed by atoms with van der Waals surface area (Å²) < 4.78 is 12.9. The van der Waals surface area contributed by atoms with E-state index in [-0.39, 0.29) is 0 Å². The zero-order valence-electron chi connectivity index (χ0n) is 15.0. The van der Waals surface area contributed by atoms with Crippen molar-refractivity contribution < 1.29 is 9.47 Å². The van der Waals surface area contributed by atoms with Crippen LogP contribution in [0.1, 0.15) is 11.4 Å². The lowest BCUT2D eigenvalue weighted by molar-refractivity contribution is 0.186. The molecule has 0 spiro atoms. The Morgan fingerprint density at radius 1 is 1.20 bits per heavy atom. The van der Waals surface area contributed by atoms with Crippen LogP contribution in [0.3, 0.4) is 0 Å². The molecule has 0 radical (unpaired) electrons. The van der Waals surface area contributed by atoms with Gasteiger partial charge in [-0.3, -0.25) is 0 Å². The highest BCUT2D eigenvalue weighted by Crippen LogP contribution is 2.33. The fourth-order valence-electron chi connectivity index (χ4n) is 2.91. The number of nitrogens with one attached hydrogen (secondary N) is 1. The summed E-state index contributed by atoms with van der Waals surface area (Å²) >= 11 is 1.59. The van der Waals surface area contributed by atoms with Gasteiger partial charge in [0.15, 0.2) is 5.13 Å². The molecule has 0 bridgehead atoms. The molecule has 3 rings (SSSR count). The van der Waals surface area contributed by atoms with Crippen molar-refractivity contribution in [3.8, 4) is 17.0 Å². The van der Waals surface area contributed by atoms with Gasteiger partial charge in [0.1, 0.15) is 5.75 Å². The van der Waals surface area contributed by atoms with Crippen LogP contribution in [-0.2, 0) is 11.3 Å². The third-order valence-electron chi connectivity index (χ3n) is 4.22. The van der Waals surface area contributed by atoms with Crippen molar-refractivity contribution in [1.82, 2.24) is 9.55 Å². The Bertz CT molecular complexity index is 854. The minimum atomic E-state index is 0.702. The number of benzene rings is 1. The van der Waals surface area contributed by atoms with Crippen LogP contribution in [0.5, 0.6) is 5.75 Å². The van der Waals surface area contributed by atoms with Crippen molar-refractivity contribution in [3.05, 3.63) is 47.1 Å². The highest BCUT2D eigenvalue weighted by atomic mass is 32.1. The summed E-state index contributed by atoms with van der Waals surface area (Å²) in [6.07, 6.45) is 0. The highest BCUT2D eigenvalue weighted by Gasteiger charge is 2.14. The van der Waals surface area contributed by atoms with Gasteiger partial charge in [0.25, 0.3) is 0 Å². The minimum Gasteiger partial charge on any atom is -0.495 e. The van der Waals surface area contributed by atoms with Gasteiger partial charge in [-0.1, -0.05) is 12.1 Å². The molecule has 0 aliphatic heterocycles. The van der Waals surface area contributed by atoms with Gasteiger partial charge < -0.3 is 19.4 Å². The number of rotatable bonds is 7. The second-order valence-corrected chi connectivity index (χ2v) is 6.65. The van der Waals surface area contributed by atoms with Crippen molar-refractivity contribution in [2.75, 3.05) is 26.1 Å². The maximum Gasteiger partial charge on any atom is 0.187 e. The van der Waals surface area contributed by atoms with Crippen LogP contribution in [0, 0.1) is 13.8 Å². The third kappa shape index (κ3) is 3.70. The van der Waals surface area contributed by atoms with Gasteiger partial charge >= 0.3 is 0 Å². The minimum absolute atomic E-state index is 0.702. The summed E-state index contributed by atoms with van der Waals surface area (Å²) in [6, 6.07) is 10.0. The average Bonchev–Trinajstić information content (AvgIpc) is 3.18. The number of anilines is 2. The number of hydrogen-bond donors (Lipinski definition) is 1. The van der Waals surface area contributed by atoms with Crippen molar-refractivity contribution in [1.29, 1.82) is 0 Å². The second-order valence-electron chi connectivity index (χ2n) is 5.79. The molecule has 5 nitrogen and oxygen atoms in total. The predicted molar refractivity (Wildman–Crippen MR) is 103 cm³/mol. The molecular formula is C19H23N3O2S. The largest absolute Gasteiger partial charge is 0.495 e. The number of methoxy groups -OCH3 is 2. The number of para-hydroxylation sites is 2. The molecule has 2 heterocycles. The summed E-state index contributed by atoms with van der Waals surface area (Å²) in [5.41, 5.74) is 5.49. The lowest BCUT2D eigenvalue weighted by Gasteiger charge is -2.08. The molecule has 0 atom stereocenters. The summed E-state index contributed by atoms with van der Waals surface area (Å²) in [4.78, 5) is 4.75. The summed E-state index contributed by atoms with van der Waals surface area (Å²) in [5.74, 6) is 0.803. The highest BCUT2D eigenvalue weighted by molar-refractivity contribution is 7.14. The van der Waals surface area contributed by atoms with Gasteiger partial charge in [0.2, 0.25) is 0 Å². The van der Waals surface area contributed by atoms with Crippen LogP contribution in [0.2, 0.25) is 0 Å². The third-order valence-corrected chi connectivity index (χ3v) is 4.98. The van der Waals surface area contributed by atoms with Crippen molar-refractivity contribution >= 4 is 22.2 Å². The fourth-order valence-corrected chi connectivity index (χ4v) is 3.63. The Labute approximate surface area is 152 Å². The van der Waals surface area contributed by atoms with Crippen molar-refractivity contribution in [2.45, 2.75) is 20.4 Å². The van der Waals surface area contributed by atoms with Crippen LogP contribution in [0.25, 0.3) is 11.3 Å². The zero-order chi connectivity index (χ0) is 17.8. The van der Waals surface area contributed by atoms with E-state index in [4.69, 9.17) is 14.5 Å². The number of nitrogens with zero attached hydrogens (tertiary/aromatic N) is 2. The molecule has 0 unspecified atom stereocenters. The van der Waals surface area contributed by atoms with Gasteiger partial charge in [0, 0.05) is 36.0 Å². The van der Waals surface area contributed by atoms with Crippen LogP contribution in [0.15, 0.2) is 35.7 Å². The maximum atomic E-state index is 5.38. The van der Waals surface area contributed by atoms with E-state index >= 15 is 0 Å². The van der Waals surface area contributed by atoms with Crippen LogP contribution in [-0.4, -0.2) is 30.4 Å². The number of ether oxygens (including phenoxy) is 2. The van der Waals surface area contributed by atoms with E-state index in [9.17, 15) is 0 Å². The van der Waals surface area contributed by atoms with E-state index in [0.717, 1.165) is 34.4 Å². The molecule has 0 aliphatic rings. The zero-order valence-corrected chi connectivity index (χ0v) is 15.8. The topological polar surface area (TPSA) is 48.3 Å². The van der Waals surface area contributed by atoms with E-state index in [1.807, 2.05) is 24.3 Å². The van der Waals surface area contributed by atoms with Crippen LogP contribution < -0.4 is 10.1 Å². The number of aromatic nitrogens is 2. The Hall–Kier alpha value is -2.31. The van der Waals surface area contributed by atoms with Crippen LogP contribution in [0.4, 0.5) is 10.8 Å².